The third-order valence-electron chi connectivity index (χ3n) is 2.33. The maximum Gasteiger partial charge on any atom is 0.234 e. The molecule has 2 aromatic rings. The van der Waals surface area contributed by atoms with Crippen molar-refractivity contribution in [1.82, 2.24) is 14.5 Å². The van der Waals surface area contributed by atoms with E-state index in [-0.39, 0.29) is 5.82 Å². The molecule has 0 unspecified atom stereocenters. The van der Waals surface area contributed by atoms with Gasteiger partial charge in [-0.05, 0) is 12.5 Å². The highest BCUT2D eigenvalue weighted by Crippen LogP contribution is 2.15. The van der Waals surface area contributed by atoms with Crippen LogP contribution in [0.2, 0.25) is 0 Å². The largest absolute Gasteiger partial charge is 0.333 e. The second kappa shape index (κ2) is 3.11. The molecule has 14 heavy (non-hydrogen) atoms. The van der Waals surface area contributed by atoms with Crippen LogP contribution in [0.15, 0.2) is 12.3 Å². The fourth-order valence-electron chi connectivity index (χ4n) is 1.56. The minimum atomic E-state index is 0.223. The Kier molecular flexibility index (Phi) is 1.93. The van der Waals surface area contributed by atoms with Crippen molar-refractivity contribution in [2.45, 2.75) is 13.3 Å². The Labute approximate surface area is 81.8 Å². The lowest BCUT2D eigenvalue weighted by atomic mass is 10.3. The molecule has 4 nitrogen and oxygen atoms in total. The molecule has 0 N–H and O–H groups in total. The van der Waals surface area contributed by atoms with Gasteiger partial charge < -0.3 is 4.57 Å². The van der Waals surface area contributed by atoms with Crippen molar-refractivity contribution >= 4 is 11.0 Å². The quantitative estimate of drug-likeness (QED) is 0.676. The molecule has 0 aliphatic heterocycles. The third-order valence-corrected chi connectivity index (χ3v) is 2.33. The molecular weight excluding hydrogens is 176 g/mol. The van der Waals surface area contributed by atoms with E-state index in [2.05, 4.69) is 23.0 Å². The predicted octanol–water partition coefficient (Wildman–Crippen LogP) is 1.40. The molecule has 2 heterocycles. The number of rotatable bonds is 1. The molecule has 0 atom stereocenters. The topological polar surface area (TPSA) is 54.5 Å². The first-order valence-corrected chi connectivity index (χ1v) is 4.47. The van der Waals surface area contributed by atoms with Crippen LogP contribution in [0.1, 0.15) is 18.4 Å². The zero-order valence-electron chi connectivity index (χ0n) is 8.15. The van der Waals surface area contributed by atoms with Gasteiger partial charge in [0.15, 0.2) is 0 Å². The van der Waals surface area contributed by atoms with Crippen LogP contribution < -0.4 is 0 Å². The Bertz CT molecular complexity index is 519. The first-order chi connectivity index (χ1) is 6.76. The van der Waals surface area contributed by atoms with Crippen molar-refractivity contribution in [2.24, 2.45) is 7.05 Å². The average molecular weight is 186 g/mol. The summed E-state index contributed by atoms with van der Waals surface area (Å²) in [6.07, 6.45) is 2.65. The van der Waals surface area contributed by atoms with Crippen molar-refractivity contribution < 1.29 is 0 Å². The molecule has 0 amide bonds. The van der Waals surface area contributed by atoms with Gasteiger partial charge >= 0.3 is 0 Å². The summed E-state index contributed by atoms with van der Waals surface area (Å²) in [4.78, 5) is 8.08. The fourth-order valence-corrected chi connectivity index (χ4v) is 1.56. The Morgan fingerprint density at radius 2 is 2.36 bits per heavy atom. The first kappa shape index (κ1) is 8.70. The maximum atomic E-state index is 8.67. The van der Waals surface area contributed by atoms with Crippen LogP contribution in [0.3, 0.4) is 0 Å². The maximum absolute atomic E-state index is 8.67. The summed E-state index contributed by atoms with van der Waals surface area (Å²) in [7, 11) is 1.95. The lowest BCUT2D eigenvalue weighted by Crippen LogP contribution is -1.97. The minimum absolute atomic E-state index is 0.223. The number of aryl methyl sites for hydroxylation is 2. The van der Waals surface area contributed by atoms with Crippen LogP contribution in [-0.2, 0) is 13.5 Å². The van der Waals surface area contributed by atoms with Crippen LogP contribution in [0, 0.1) is 11.3 Å². The number of aromatic nitrogens is 3. The van der Waals surface area contributed by atoms with Gasteiger partial charge in [0.05, 0.1) is 0 Å². The molecule has 0 bridgehead atoms. The van der Waals surface area contributed by atoms with E-state index < -0.39 is 0 Å². The van der Waals surface area contributed by atoms with Crippen LogP contribution in [0.5, 0.6) is 0 Å². The Balaban J connectivity index is 2.75. The van der Waals surface area contributed by atoms with Crippen molar-refractivity contribution in [2.75, 3.05) is 0 Å². The normalized spacial score (nSPS) is 10.4. The highest BCUT2D eigenvalue weighted by molar-refractivity contribution is 5.76. The summed E-state index contributed by atoms with van der Waals surface area (Å²) in [5.74, 6) is 0.223. The van der Waals surface area contributed by atoms with Crippen molar-refractivity contribution in [3.63, 3.8) is 0 Å². The highest BCUT2D eigenvalue weighted by atomic mass is 15.0. The van der Waals surface area contributed by atoms with Gasteiger partial charge in [-0.1, -0.05) is 6.92 Å². The lowest BCUT2D eigenvalue weighted by molar-refractivity contribution is 0.851. The van der Waals surface area contributed by atoms with Gasteiger partial charge in [-0.2, -0.15) is 5.26 Å². The number of hydrogen-bond donors (Lipinski definition) is 0. The van der Waals surface area contributed by atoms with Crippen molar-refractivity contribution in [3.8, 4) is 6.07 Å². The van der Waals surface area contributed by atoms with Gasteiger partial charge in [0.2, 0.25) is 5.82 Å². The van der Waals surface area contributed by atoms with Gasteiger partial charge in [0, 0.05) is 24.3 Å². The smallest absolute Gasteiger partial charge is 0.234 e. The highest BCUT2D eigenvalue weighted by Gasteiger charge is 2.06. The number of nitriles is 1. The predicted molar refractivity (Wildman–Crippen MR) is 52.6 cm³/mol. The van der Waals surface area contributed by atoms with E-state index in [1.807, 2.05) is 17.7 Å². The zero-order chi connectivity index (χ0) is 10.1. The summed E-state index contributed by atoms with van der Waals surface area (Å²) >= 11 is 0. The van der Waals surface area contributed by atoms with E-state index in [0.29, 0.717) is 0 Å². The summed E-state index contributed by atoms with van der Waals surface area (Å²) in [5.41, 5.74) is 2.03. The molecule has 0 aliphatic rings. The summed E-state index contributed by atoms with van der Waals surface area (Å²) in [6, 6.07) is 3.99. The molecular formula is C10H10N4. The number of nitrogens with zero attached hydrogens (tertiary/aromatic N) is 4. The fraction of sp³-hybridized carbons (Fsp3) is 0.300. The second-order valence-electron chi connectivity index (χ2n) is 3.13. The van der Waals surface area contributed by atoms with Gasteiger partial charge in [-0.15, -0.1) is 0 Å². The molecule has 0 aliphatic carbocycles. The Morgan fingerprint density at radius 3 is 3.00 bits per heavy atom. The minimum Gasteiger partial charge on any atom is -0.333 e. The summed E-state index contributed by atoms with van der Waals surface area (Å²) < 4.78 is 2.00. The molecule has 4 heteroatoms. The second-order valence-corrected chi connectivity index (χ2v) is 3.13. The van der Waals surface area contributed by atoms with E-state index in [0.717, 1.165) is 17.5 Å². The molecule has 0 saturated carbocycles. The van der Waals surface area contributed by atoms with E-state index >= 15 is 0 Å². The lowest BCUT2D eigenvalue weighted by Gasteiger charge is -1.98. The van der Waals surface area contributed by atoms with E-state index in [1.54, 1.807) is 6.20 Å². The molecule has 0 aromatic carbocycles. The summed E-state index contributed by atoms with van der Waals surface area (Å²) in [5, 5.41) is 9.66. The van der Waals surface area contributed by atoms with Gasteiger partial charge in [-0.3, -0.25) is 0 Å². The van der Waals surface area contributed by atoms with Crippen molar-refractivity contribution in [3.05, 3.63) is 23.8 Å². The number of fused-ring (bicyclic) bond motifs is 1. The molecule has 0 saturated heterocycles. The molecule has 2 aromatic heterocycles. The van der Waals surface area contributed by atoms with Crippen LogP contribution >= 0.6 is 0 Å². The van der Waals surface area contributed by atoms with Crippen LogP contribution in [0.25, 0.3) is 11.0 Å². The van der Waals surface area contributed by atoms with Crippen molar-refractivity contribution in [1.29, 1.82) is 5.26 Å². The summed E-state index contributed by atoms with van der Waals surface area (Å²) in [6.45, 7) is 2.09. The average Bonchev–Trinajstić information content (AvgIpc) is 2.55. The third kappa shape index (κ3) is 1.14. The van der Waals surface area contributed by atoms with Crippen LogP contribution in [0.4, 0.5) is 0 Å². The molecule has 0 spiro atoms. The Morgan fingerprint density at radius 1 is 1.57 bits per heavy atom. The molecule has 2 rings (SSSR count). The van der Waals surface area contributed by atoms with E-state index in [9.17, 15) is 0 Å². The Hall–Kier alpha value is -1.89. The zero-order valence-corrected chi connectivity index (χ0v) is 8.15. The first-order valence-electron chi connectivity index (χ1n) is 4.47. The van der Waals surface area contributed by atoms with E-state index in [1.165, 1.54) is 5.69 Å². The standard InChI is InChI=1S/C10H10N4/c1-3-8-4-7-6-12-9(5-11)13-10(7)14(8)2/h4,6H,3H2,1-2H3. The van der Waals surface area contributed by atoms with Gasteiger partial charge in [-0.25, -0.2) is 9.97 Å². The molecule has 0 fully saturated rings. The van der Waals surface area contributed by atoms with Crippen LogP contribution in [-0.4, -0.2) is 14.5 Å². The monoisotopic (exact) mass is 186 g/mol. The number of hydrogen-bond acceptors (Lipinski definition) is 3. The van der Waals surface area contributed by atoms with E-state index in [4.69, 9.17) is 5.26 Å². The van der Waals surface area contributed by atoms with Gasteiger partial charge in [0.1, 0.15) is 11.7 Å². The SMILES string of the molecule is CCc1cc2cnc(C#N)nc2n1C. The molecule has 0 radical (unpaired) electrons. The molecule has 70 valence electrons. The van der Waals surface area contributed by atoms with Gasteiger partial charge in [0.25, 0.3) is 0 Å².